The zero-order valence-corrected chi connectivity index (χ0v) is 17.6. The minimum absolute atomic E-state index is 0.218. The van der Waals surface area contributed by atoms with Gasteiger partial charge in [-0.15, -0.1) is 0 Å². The molecule has 0 amide bonds. The molecule has 1 aromatic carbocycles. The van der Waals surface area contributed by atoms with Gasteiger partial charge in [-0.2, -0.15) is 0 Å². The average Bonchev–Trinajstić information content (AvgIpc) is 3.08. The third-order valence-electron chi connectivity index (χ3n) is 4.47. The molecule has 160 valence electrons. The van der Waals surface area contributed by atoms with Crippen LogP contribution in [-0.2, 0) is 16.4 Å². The molecule has 0 saturated heterocycles. The van der Waals surface area contributed by atoms with Crippen molar-refractivity contribution in [1.29, 1.82) is 0 Å². The van der Waals surface area contributed by atoms with Gasteiger partial charge in [0.1, 0.15) is 17.3 Å². The van der Waals surface area contributed by atoms with Crippen molar-refractivity contribution in [1.82, 2.24) is 9.97 Å². The van der Waals surface area contributed by atoms with Crippen LogP contribution in [0.2, 0.25) is 0 Å². The zero-order chi connectivity index (χ0) is 22.1. The van der Waals surface area contributed by atoms with Crippen molar-refractivity contribution < 1.29 is 22.0 Å². The van der Waals surface area contributed by atoms with Gasteiger partial charge in [-0.3, -0.25) is 9.52 Å². The maximum Gasteiger partial charge on any atom is 0.232 e. The summed E-state index contributed by atoms with van der Waals surface area (Å²) in [5.41, 5.74) is -0.134. The van der Waals surface area contributed by atoms with Gasteiger partial charge in [0.25, 0.3) is 0 Å². The molecule has 0 fully saturated rings. The number of hydrogen-bond acceptors (Lipinski definition) is 5. The van der Waals surface area contributed by atoms with Crippen molar-refractivity contribution in [2.45, 2.75) is 19.8 Å². The van der Waals surface area contributed by atoms with Gasteiger partial charge < -0.3 is 9.88 Å². The fraction of sp³-hybridized carbons (Fsp3) is 0.300. The highest BCUT2D eigenvalue weighted by molar-refractivity contribution is 7.92. The molecule has 0 aliphatic rings. The lowest BCUT2D eigenvalue weighted by molar-refractivity contribution is 0.0985. The number of pyridine rings is 1. The maximum absolute atomic E-state index is 14.8. The second-order valence-corrected chi connectivity index (χ2v) is 8.98. The molecule has 3 aromatic rings. The number of benzene rings is 1. The average molecular weight is 436 g/mol. The number of rotatable bonds is 8. The zero-order valence-electron chi connectivity index (χ0n) is 16.8. The molecule has 7 nitrogen and oxygen atoms in total. The highest BCUT2D eigenvalue weighted by Gasteiger charge is 2.23. The molecule has 30 heavy (non-hydrogen) atoms. The smallest absolute Gasteiger partial charge is 0.232 e. The molecule has 3 rings (SSSR count). The number of sulfonamides is 1. The summed E-state index contributed by atoms with van der Waals surface area (Å²) in [6.45, 7) is 1.66. The van der Waals surface area contributed by atoms with Crippen molar-refractivity contribution in [3.05, 3.63) is 53.2 Å². The molecule has 2 N–H and O–H groups in total. The quantitative estimate of drug-likeness (QED) is 0.527. The first-order valence-electron chi connectivity index (χ1n) is 9.28. The molecule has 0 aliphatic heterocycles. The van der Waals surface area contributed by atoms with Crippen LogP contribution in [0.25, 0.3) is 11.0 Å². The number of H-pyrrole nitrogens is 1. The molecule has 0 bridgehead atoms. The van der Waals surface area contributed by atoms with E-state index in [9.17, 15) is 22.0 Å². The Morgan fingerprint density at radius 1 is 1.23 bits per heavy atom. The van der Waals surface area contributed by atoms with Gasteiger partial charge in [-0.1, -0.05) is 6.92 Å². The van der Waals surface area contributed by atoms with Crippen LogP contribution in [0.4, 0.5) is 20.3 Å². The molecule has 0 atom stereocenters. The topological polar surface area (TPSA) is 95.2 Å². The fourth-order valence-electron chi connectivity index (χ4n) is 3.03. The number of anilines is 2. The standard InChI is InChI=1S/C20H22F2N4O3S/c1-4-7-30(28,29)25-15-6-5-14(21)18(19(15)22)16(27)9-12-8-13-10-17(26(2)3)24-20(13)23-11-12/h5-6,8,10-11,25H,4,7,9H2,1-3H3,(H,23,24). The van der Waals surface area contributed by atoms with Crippen LogP contribution in [0.5, 0.6) is 0 Å². The third kappa shape index (κ3) is 4.59. The van der Waals surface area contributed by atoms with E-state index in [2.05, 4.69) is 14.7 Å². The van der Waals surface area contributed by atoms with Gasteiger partial charge in [0, 0.05) is 32.1 Å². The summed E-state index contributed by atoms with van der Waals surface area (Å²) in [4.78, 5) is 21.9. The number of nitrogens with one attached hydrogen (secondary N) is 2. The monoisotopic (exact) mass is 436 g/mol. The number of aromatic nitrogens is 2. The number of halogens is 2. The van der Waals surface area contributed by atoms with Crippen LogP contribution in [0.3, 0.4) is 0 Å². The summed E-state index contributed by atoms with van der Waals surface area (Å²) < 4.78 is 54.9. The predicted molar refractivity (Wildman–Crippen MR) is 113 cm³/mol. The summed E-state index contributed by atoms with van der Waals surface area (Å²) in [6.07, 6.45) is 1.50. The number of hydrogen-bond donors (Lipinski definition) is 2. The summed E-state index contributed by atoms with van der Waals surface area (Å²) in [5, 5.41) is 0.756. The minimum atomic E-state index is -3.79. The lowest BCUT2D eigenvalue weighted by Gasteiger charge is -2.11. The van der Waals surface area contributed by atoms with Gasteiger partial charge in [-0.25, -0.2) is 22.2 Å². The van der Waals surface area contributed by atoms with E-state index in [0.717, 1.165) is 23.3 Å². The lowest BCUT2D eigenvalue weighted by atomic mass is 10.0. The highest BCUT2D eigenvalue weighted by Crippen LogP contribution is 2.25. The van der Waals surface area contributed by atoms with E-state index >= 15 is 0 Å². The Hall–Kier alpha value is -3.01. The minimum Gasteiger partial charge on any atom is -0.364 e. The van der Waals surface area contributed by atoms with Gasteiger partial charge in [0.15, 0.2) is 11.6 Å². The second-order valence-electron chi connectivity index (χ2n) is 7.14. The number of ketones is 1. The number of carbonyl (C=O) groups excluding carboxylic acids is 1. The van der Waals surface area contributed by atoms with Crippen LogP contribution in [0.15, 0.2) is 30.5 Å². The van der Waals surface area contributed by atoms with E-state index in [1.54, 1.807) is 13.0 Å². The van der Waals surface area contributed by atoms with Crippen molar-refractivity contribution in [3.63, 3.8) is 0 Å². The Morgan fingerprint density at radius 2 is 1.97 bits per heavy atom. The third-order valence-corrected chi connectivity index (χ3v) is 5.94. The Bertz CT molecular complexity index is 1210. The molecule has 0 aliphatic carbocycles. The molecule has 0 saturated carbocycles. The molecule has 2 aromatic heterocycles. The van der Waals surface area contributed by atoms with Gasteiger partial charge in [0.2, 0.25) is 10.0 Å². The first kappa shape index (κ1) is 21.7. The van der Waals surface area contributed by atoms with E-state index in [-0.39, 0.29) is 12.2 Å². The first-order chi connectivity index (χ1) is 14.1. The van der Waals surface area contributed by atoms with Crippen LogP contribution in [-0.4, -0.2) is 44.0 Å². The van der Waals surface area contributed by atoms with E-state index in [1.807, 2.05) is 25.1 Å². The number of nitrogens with zero attached hydrogens (tertiary/aromatic N) is 2. The van der Waals surface area contributed by atoms with Gasteiger partial charge >= 0.3 is 0 Å². The largest absolute Gasteiger partial charge is 0.364 e. The number of carbonyl (C=O) groups is 1. The van der Waals surface area contributed by atoms with Gasteiger partial charge in [0.05, 0.1) is 17.0 Å². The van der Waals surface area contributed by atoms with Crippen LogP contribution < -0.4 is 9.62 Å². The van der Waals surface area contributed by atoms with Crippen LogP contribution in [0.1, 0.15) is 29.3 Å². The van der Waals surface area contributed by atoms with Gasteiger partial charge in [-0.05, 0) is 36.2 Å². The van der Waals surface area contributed by atoms with Crippen LogP contribution >= 0.6 is 0 Å². The summed E-state index contributed by atoms with van der Waals surface area (Å²) in [7, 11) is -0.0646. The van der Waals surface area contributed by atoms with Crippen molar-refractivity contribution in [2.24, 2.45) is 0 Å². The Balaban J connectivity index is 1.89. The van der Waals surface area contributed by atoms with E-state index in [0.29, 0.717) is 17.6 Å². The molecule has 0 spiro atoms. The highest BCUT2D eigenvalue weighted by atomic mass is 32.2. The van der Waals surface area contributed by atoms with Crippen molar-refractivity contribution in [2.75, 3.05) is 29.5 Å². The Kier molecular flexibility index (Phi) is 6.06. The molecular weight excluding hydrogens is 414 g/mol. The molecule has 2 heterocycles. The summed E-state index contributed by atoms with van der Waals surface area (Å²) in [6, 6.07) is 5.40. The van der Waals surface area contributed by atoms with E-state index in [4.69, 9.17) is 0 Å². The predicted octanol–water partition coefficient (Wildman–Crippen LogP) is 3.48. The van der Waals surface area contributed by atoms with Crippen LogP contribution in [0, 0.1) is 11.6 Å². The maximum atomic E-state index is 14.8. The molecule has 10 heteroatoms. The lowest BCUT2D eigenvalue weighted by Crippen LogP contribution is -2.19. The summed E-state index contributed by atoms with van der Waals surface area (Å²) in [5.74, 6) is -2.49. The molecule has 0 radical (unpaired) electrons. The second kappa shape index (κ2) is 8.39. The SMILES string of the molecule is CCCS(=O)(=O)Nc1ccc(F)c(C(=O)Cc2cnc3[nH]c(N(C)C)cc3c2)c1F. The normalized spacial score (nSPS) is 11.6. The Labute approximate surface area is 173 Å². The Morgan fingerprint density at radius 3 is 2.63 bits per heavy atom. The number of Topliss-reactive ketones (excluding diaryl/α,β-unsaturated/α-hetero) is 1. The first-order valence-corrected chi connectivity index (χ1v) is 10.9. The molecular formula is C20H22F2N4O3S. The number of fused-ring (bicyclic) bond motifs is 1. The van der Waals surface area contributed by atoms with Crippen molar-refractivity contribution >= 4 is 38.3 Å². The fourth-order valence-corrected chi connectivity index (χ4v) is 4.16. The number of aromatic amines is 1. The summed E-state index contributed by atoms with van der Waals surface area (Å²) >= 11 is 0. The van der Waals surface area contributed by atoms with Crippen molar-refractivity contribution in [3.8, 4) is 0 Å². The van der Waals surface area contributed by atoms with E-state index in [1.165, 1.54) is 6.20 Å². The van der Waals surface area contributed by atoms with E-state index < -0.39 is 38.7 Å². The molecule has 0 unspecified atom stereocenters.